The molecule has 0 aliphatic heterocycles. The van der Waals surface area contributed by atoms with E-state index in [9.17, 15) is 35.8 Å². The third-order valence-electron chi connectivity index (χ3n) is 5.20. The fraction of sp³-hybridized carbons (Fsp3) is 0.280. The molecule has 0 aliphatic rings. The lowest BCUT2D eigenvalue weighted by Gasteiger charge is -2.30. The first-order valence-corrected chi connectivity index (χ1v) is 11.8. The number of thioether (sulfide) groups is 1. The Morgan fingerprint density at radius 3 is 2.19 bits per heavy atom. The van der Waals surface area contributed by atoms with Gasteiger partial charge in [0, 0.05) is 22.7 Å². The summed E-state index contributed by atoms with van der Waals surface area (Å²) in [6, 6.07) is 18.7. The van der Waals surface area contributed by atoms with E-state index >= 15 is 0 Å². The number of benzene rings is 3. The summed E-state index contributed by atoms with van der Waals surface area (Å²) >= 11 is 1.52. The molecule has 0 amide bonds. The summed E-state index contributed by atoms with van der Waals surface area (Å²) in [7, 11) is 0. The van der Waals surface area contributed by atoms with Crippen LogP contribution in [0.15, 0.2) is 77.7 Å². The Kier molecular flexibility index (Phi) is 8.78. The molecule has 0 spiro atoms. The molecule has 3 aromatic rings. The second-order valence-electron chi connectivity index (χ2n) is 7.80. The van der Waals surface area contributed by atoms with Gasteiger partial charge < -0.3 is 14.7 Å². The fourth-order valence-electron chi connectivity index (χ4n) is 3.45. The summed E-state index contributed by atoms with van der Waals surface area (Å²) in [6.07, 6.45) is -14.5. The second-order valence-corrected chi connectivity index (χ2v) is 8.68. The van der Waals surface area contributed by atoms with Gasteiger partial charge in [-0.15, -0.1) is 11.8 Å². The van der Waals surface area contributed by atoms with Gasteiger partial charge in [0.15, 0.2) is 6.10 Å². The summed E-state index contributed by atoms with van der Waals surface area (Å²) in [5, 5.41) is 9.82. The minimum Gasteiger partial charge on any atom is -0.428 e. The van der Waals surface area contributed by atoms with Crippen LogP contribution in [0.2, 0.25) is 0 Å². The summed E-state index contributed by atoms with van der Waals surface area (Å²) in [5.41, 5.74) is 1.85. The van der Waals surface area contributed by atoms with E-state index in [0.29, 0.717) is 16.8 Å². The quantitative estimate of drug-likeness (QED) is 0.220. The molecule has 0 bridgehead atoms. The zero-order chi connectivity index (χ0) is 26.5. The van der Waals surface area contributed by atoms with Crippen molar-refractivity contribution in [1.29, 1.82) is 0 Å². The maximum Gasteiger partial charge on any atom is 0.461 e. The van der Waals surface area contributed by atoms with E-state index in [1.807, 2.05) is 30.5 Å². The number of rotatable bonds is 10. The Hall–Kier alpha value is -2.92. The summed E-state index contributed by atoms with van der Waals surface area (Å²) in [6.45, 7) is -1.12. The standard InChI is InChI=1S/C25H22F7NO2S/c1-36-19-11-9-17(10-12-19)20-7-2-3-8-21(20)33(15-22(34)24(28,29)30)14-16-5-4-6-18(13-16)35-25(31,32)23(26)27/h2-13,22-23,34H,14-15H2,1H3. The number of hydrogen-bond donors (Lipinski definition) is 1. The van der Waals surface area contributed by atoms with Crippen LogP contribution in [0, 0.1) is 0 Å². The van der Waals surface area contributed by atoms with Crippen molar-refractivity contribution in [3.8, 4) is 16.9 Å². The van der Waals surface area contributed by atoms with Crippen molar-refractivity contribution in [2.24, 2.45) is 0 Å². The number of aliphatic hydroxyl groups is 1. The molecule has 0 heterocycles. The molecule has 3 aromatic carbocycles. The molecule has 0 radical (unpaired) electrons. The summed E-state index contributed by atoms with van der Waals surface area (Å²) < 4.78 is 95.6. The largest absolute Gasteiger partial charge is 0.461 e. The lowest BCUT2D eigenvalue weighted by Crippen LogP contribution is -2.41. The number of para-hydroxylation sites is 1. The van der Waals surface area contributed by atoms with E-state index in [0.717, 1.165) is 17.0 Å². The fourth-order valence-corrected chi connectivity index (χ4v) is 3.86. The van der Waals surface area contributed by atoms with Crippen molar-refractivity contribution < 1.29 is 40.6 Å². The predicted octanol–water partition coefficient (Wildman–Crippen LogP) is 7.24. The zero-order valence-electron chi connectivity index (χ0n) is 18.9. The highest BCUT2D eigenvalue weighted by Crippen LogP contribution is 2.35. The molecule has 194 valence electrons. The molecule has 11 heteroatoms. The molecule has 1 unspecified atom stereocenters. The van der Waals surface area contributed by atoms with Crippen molar-refractivity contribution in [2.75, 3.05) is 17.7 Å². The van der Waals surface area contributed by atoms with Gasteiger partial charge in [0.2, 0.25) is 0 Å². The number of aliphatic hydroxyl groups excluding tert-OH is 1. The predicted molar refractivity (Wildman–Crippen MR) is 125 cm³/mol. The summed E-state index contributed by atoms with van der Waals surface area (Å²) in [5.74, 6) is -0.574. The molecule has 1 N–H and O–H groups in total. The molecular formula is C25H22F7NO2S. The molecular weight excluding hydrogens is 511 g/mol. The third kappa shape index (κ3) is 7.07. The first-order chi connectivity index (χ1) is 16.9. The van der Waals surface area contributed by atoms with Crippen LogP contribution in [-0.4, -0.2) is 42.7 Å². The van der Waals surface area contributed by atoms with Gasteiger partial charge >= 0.3 is 18.7 Å². The van der Waals surface area contributed by atoms with E-state index < -0.39 is 37.1 Å². The minimum absolute atomic E-state index is 0.208. The Morgan fingerprint density at radius 2 is 1.58 bits per heavy atom. The molecule has 1 atom stereocenters. The van der Waals surface area contributed by atoms with Crippen LogP contribution in [0.1, 0.15) is 5.56 Å². The molecule has 0 fully saturated rings. The normalized spacial score (nSPS) is 13.1. The van der Waals surface area contributed by atoms with Crippen molar-refractivity contribution >= 4 is 17.4 Å². The van der Waals surface area contributed by atoms with Gasteiger partial charge in [0.05, 0.1) is 6.54 Å². The smallest absolute Gasteiger partial charge is 0.428 e. The molecule has 36 heavy (non-hydrogen) atoms. The van der Waals surface area contributed by atoms with Crippen LogP contribution >= 0.6 is 11.8 Å². The number of ether oxygens (including phenoxy) is 1. The Bertz CT molecular complexity index is 1140. The van der Waals surface area contributed by atoms with Crippen molar-refractivity contribution in [3.63, 3.8) is 0 Å². The minimum atomic E-state index is -4.91. The molecule has 3 rings (SSSR count). The number of nitrogens with zero attached hydrogens (tertiary/aromatic N) is 1. The average Bonchev–Trinajstić information content (AvgIpc) is 2.83. The average molecular weight is 534 g/mol. The van der Waals surface area contributed by atoms with E-state index in [2.05, 4.69) is 4.74 Å². The Labute approximate surface area is 207 Å². The van der Waals surface area contributed by atoms with Crippen LogP contribution in [0.25, 0.3) is 11.1 Å². The molecule has 3 nitrogen and oxygen atoms in total. The molecule has 0 aliphatic carbocycles. The van der Waals surface area contributed by atoms with Gasteiger partial charge in [0.1, 0.15) is 5.75 Å². The van der Waals surface area contributed by atoms with Crippen LogP contribution in [-0.2, 0) is 6.54 Å². The number of hydrogen-bond acceptors (Lipinski definition) is 4. The number of anilines is 1. The Balaban J connectivity index is 1.99. The SMILES string of the molecule is CSc1ccc(-c2ccccc2N(Cc2cccc(OC(F)(F)C(F)F)c2)CC(O)C(F)(F)F)cc1. The molecule has 0 aromatic heterocycles. The second kappa shape index (κ2) is 11.4. The lowest BCUT2D eigenvalue weighted by atomic mass is 10.0. The van der Waals surface area contributed by atoms with E-state index in [4.69, 9.17) is 0 Å². The van der Waals surface area contributed by atoms with Gasteiger partial charge in [0.25, 0.3) is 0 Å². The van der Waals surface area contributed by atoms with Crippen LogP contribution in [0.3, 0.4) is 0 Å². The maximum atomic E-state index is 13.3. The first kappa shape index (κ1) is 27.7. The highest BCUT2D eigenvalue weighted by molar-refractivity contribution is 7.98. The van der Waals surface area contributed by atoms with Gasteiger partial charge in [-0.3, -0.25) is 0 Å². The highest BCUT2D eigenvalue weighted by Gasteiger charge is 2.44. The van der Waals surface area contributed by atoms with Gasteiger partial charge in [-0.2, -0.15) is 30.7 Å². The van der Waals surface area contributed by atoms with E-state index in [-0.39, 0.29) is 12.1 Å². The topological polar surface area (TPSA) is 32.7 Å². The van der Waals surface area contributed by atoms with Crippen molar-refractivity contribution in [1.82, 2.24) is 0 Å². The summed E-state index contributed by atoms with van der Waals surface area (Å²) in [4.78, 5) is 2.23. The first-order valence-electron chi connectivity index (χ1n) is 10.6. The van der Waals surface area contributed by atoms with E-state index in [1.165, 1.54) is 28.8 Å². The Morgan fingerprint density at radius 1 is 0.917 bits per heavy atom. The van der Waals surface area contributed by atoms with Gasteiger partial charge in [-0.05, 0) is 47.7 Å². The van der Waals surface area contributed by atoms with Crippen LogP contribution in [0.5, 0.6) is 5.75 Å². The van der Waals surface area contributed by atoms with E-state index in [1.54, 1.807) is 24.3 Å². The highest BCUT2D eigenvalue weighted by atomic mass is 32.2. The lowest BCUT2D eigenvalue weighted by molar-refractivity contribution is -0.253. The van der Waals surface area contributed by atoms with Crippen LogP contribution in [0.4, 0.5) is 36.4 Å². The van der Waals surface area contributed by atoms with Gasteiger partial charge in [-0.25, -0.2) is 0 Å². The van der Waals surface area contributed by atoms with Crippen LogP contribution < -0.4 is 9.64 Å². The zero-order valence-corrected chi connectivity index (χ0v) is 19.7. The monoisotopic (exact) mass is 533 g/mol. The van der Waals surface area contributed by atoms with Crippen molar-refractivity contribution in [2.45, 2.75) is 36.3 Å². The molecule has 0 saturated carbocycles. The third-order valence-corrected chi connectivity index (χ3v) is 5.94. The number of alkyl halides is 7. The maximum absolute atomic E-state index is 13.3. The van der Waals surface area contributed by atoms with Crippen molar-refractivity contribution in [3.05, 3.63) is 78.4 Å². The van der Waals surface area contributed by atoms with Gasteiger partial charge in [-0.1, -0.05) is 42.5 Å². The molecule has 0 saturated heterocycles. The number of halogens is 7.